The van der Waals surface area contributed by atoms with E-state index in [1.807, 2.05) is 12.1 Å². The minimum absolute atomic E-state index is 0.00949. The zero-order valence-electron chi connectivity index (χ0n) is 9.17. The van der Waals surface area contributed by atoms with Crippen LogP contribution in [0.2, 0.25) is 5.02 Å². The lowest BCUT2D eigenvalue weighted by Gasteiger charge is -2.14. The molecule has 0 aliphatic rings. The Morgan fingerprint density at radius 3 is 2.73 bits per heavy atom. The van der Waals surface area contributed by atoms with Crippen LogP contribution in [0.15, 0.2) is 18.2 Å². The molecule has 0 aromatic heterocycles. The molecule has 1 rings (SSSR count). The highest BCUT2D eigenvalue weighted by Gasteiger charge is 2.09. The van der Waals surface area contributed by atoms with E-state index in [2.05, 4.69) is 6.92 Å². The van der Waals surface area contributed by atoms with Crippen LogP contribution in [0.4, 0.5) is 5.69 Å². The number of unbranched alkanes of at least 4 members (excludes halogenated alkanes) is 2. The minimum Gasteiger partial charge on any atom is -0.398 e. The van der Waals surface area contributed by atoms with E-state index in [0.717, 1.165) is 24.1 Å². The topological polar surface area (TPSA) is 52.0 Å². The largest absolute Gasteiger partial charge is 0.398 e. The third-order valence-corrected chi connectivity index (χ3v) is 2.80. The Morgan fingerprint density at radius 2 is 2.07 bits per heavy atom. The maximum atomic E-state index is 6.07. The first-order valence-corrected chi connectivity index (χ1v) is 5.83. The third kappa shape index (κ3) is 3.73. The molecule has 0 bridgehead atoms. The monoisotopic (exact) mass is 226 g/mol. The zero-order chi connectivity index (χ0) is 11.3. The van der Waals surface area contributed by atoms with Crippen molar-refractivity contribution in [2.75, 3.05) is 5.73 Å². The normalized spacial score (nSPS) is 12.7. The average molecular weight is 227 g/mol. The number of rotatable bonds is 5. The Kier molecular flexibility index (Phi) is 4.92. The van der Waals surface area contributed by atoms with Crippen molar-refractivity contribution in [1.29, 1.82) is 0 Å². The first-order chi connectivity index (χ1) is 7.15. The van der Waals surface area contributed by atoms with Gasteiger partial charge < -0.3 is 11.5 Å². The highest BCUT2D eigenvalue weighted by atomic mass is 35.5. The van der Waals surface area contributed by atoms with Crippen LogP contribution in [0.1, 0.15) is 44.2 Å². The summed E-state index contributed by atoms with van der Waals surface area (Å²) in [6.45, 7) is 2.18. The summed E-state index contributed by atoms with van der Waals surface area (Å²) in [5, 5.41) is 0.699. The van der Waals surface area contributed by atoms with Crippen molar-refractivity contribution < 1.29 is 0 Å². The van der Waals surface area contributed by atoms with Crippen LogP contribution >= 0.6 is 11.6 Å². The van der Waals surface area contributed by atoms with Crippen LogP contribution in [0, 0.1) is 0 Å². The molecule has 0 saturated heterocycles. The second kappa shape index (κ2) is 5.99. The summed E-state index contributed by atoms with van der Waals surface area (Å²) >= 11 is 5.91. The Morgan fingerprint density at radius 1 is 1.33 bits per heavy atom. The van der Waals surface area contributed by atoms with Gasteiger partial charge in [0.05, 0.1) is 0 Å². The van der Waals surface area contributed by atoms with Crippen molar-refractivity contribution >= 4 is 17.3 Å². The van der Waals surface area contributed by atoms with Gasteiger partial charge >= 0.3 is 0 Å². The maximum absolute atomic E-state index is 6.07. The summed E-state index contributed by atoms with van der Waals surface area (Å²) in [4.78, 5) is 0. The first kappa shape index (κ1) is 12.3. The van der Waals surface area contributed by atoms with Crippen molar-refractivity contribution in [2.45, 2.75) is 38.6 Å². The molecule has 1 aromatic rings. The second-order valence-electron chi connectivity index (χ2n) is 3.88. The molecule has 0 spiro atoms. The van der Waals surface area contributed by atoms with Crippen LogP contribution in [0.5, 0.6) is 0 Å². The standard InChI is InChI=1S/C12H19ClN2/c1-2-3-4-5-11(14)10-8-9(13)6-7-12(10)15/h6-8,11H,2-5,14-15H2,1H3/t11-/m1/s1. The van der Waals surface area contributed by atoms with E-state index < -0.39 is 0 Å². The fourth-order valence-corrected chi connectivity index (χ4v) is 1.82. The first-order valence-electron chi connectivity index (χ1n) is 5.45. The number of halogens is 1. The number of nitrogen functional groups attached to an aromatic ring is 1. The van der Waals surface area contributed by atoms with E-state index in [-0.39, 0.29) is 6.04 Å². The summed E-state index contributed by atoms with van der Waals surface area (Å²) in [6.07, 6.45) is 4.54. The van der Waals surface area contributed by atoms with Gasteiger partial charge in [0.25, 0.3) is 0 Å². The lowest BCUT2D eigenvalue weighted by molar-refractivity contribution is 0.582. The Hall–Kier alpha value is -0.730. The molecule has 1 aromatic carbocycles. The molecule has 84 valence electrons. The van der Waals surface area contributed by atoms with Crippen LogP contribution < -0.4 is 11.5 Å². The van der Waals surface area contributed by atoms with E-state index in [9.17, 15) is 0 Å². The summed E-state index contributed by atoms with van der Waals surface area (Å²) in [5.74, 6) is 0. The molecule has 1 atom stereocenters. The molecule has 0 amide bonds. The van der Waals surface area contributed by atoms with Gasteiger partial charge in [0.2, 0.25) is 0 Å². The van der Waals surface area contributed by atoms with Crippen molar-refractivity contribution in [3.05, 3.63) is 28.8 Å². The van der Waals surface area contributed by atoms with E-state index in [1.54, 1.807) is 6.07 Å². The summed E-state index contributed by atoms with van der Waals surface area (Å²) in [5.41, 5.74) is 13.6. The van der Waals surface area contributed by atoms with Gasteiger partial charge in [0.15, 0.2) is 0 Å². The molecule has 0 radical (unpaired) electrons. The Labute approximate surface area is 96.6 Å². The third-order valence-electron chi connectivity index (χ3n) is 2.57. The Balaban J connectivity index is 2.64. The van der Waals surface area contributed by atoms with Gasteiger partial charge in [-0.1, -0.05) is 37.8 Å². The highest BCUT2D eigenvalue weighted by Crippen LogP contribution is 2.26. The quantitative estimate of drug-likeness (QED) is 0.597. The predicted octanol–water partition coefficient (Wildman–Crippen LogP) is 3.50. The number of anilines is 1. The number of nitrogens with two attached hydrogens (primary N) is 2. The molecule has 0 aliphatic heterocycles. The average Bonchev–Trinajstić information content (AvgIpc) is 2.22. The van der Waals surface area contributed by atoms with Crippen LogP contribution in [-0.4, -0.2) is 0 Å². The van der Waals surface area contributed by atoms with Gasteiger partial charge in [0.1, 0.15) is 0 Å². The predicted molar refractivity (Wildman–Crippen MR) is 66.9 cm³/mol. The van der Waals surface area contributed by atoms with Gasteiger partial charge in [0, 0.05) is 16.8 Å². The van der Waals surface area contributed by atoms with Crippen molar-refractivity contribution in [2.24, 2.45) is 5.73 Å². The number of hydrogen-bond donors (Lipinski definition) is 2. The van der Waals surface area contributed by atoms with Crippen LogP contribution in [0.3, 0.4) is 0 Å². The number of hydrogen-bond acceptors (Lipinski definition) is 2. The smallest absolute Gasteiger partial charge is 0.0410 e. The van der Waals surface area contributed by atoms with Gasteiger partial charge in [-0.2, -0.15) is 0 Å². The molecule has 0 saturated carbocycles. The van der Waals surface area contributed by atoms with E-state index >= 15 is 0 Å². The molecule has 0 heterocycles. The number of benzene rings is 1. The zero-order valence-corrected chi connectivity index (χ0v) is 9.93. The van der Waals surface area contributed by atoms with E-state index in [4.69, 9.17) is 23.1 Å². The van der Waals surface area contributed by atoms with Gasteiger partial charge in [-0.05, 0) is 30.2 Å². The lowest BCUT2D eigenvalue weighted by Crippen LogP contribution is -2.12. The Bertz CT molecular complexity index is 312. The lowest BCUT2D eigenvalue weighted by atomic mass is 10.00. The van der Waals surface area contributed by atoms with Gasteiger partial charge in [-0.3, -0.25) is 0 Å². The fourth-order valence-electron chi connectivity index (χ4n) is 1.64. The molecule has 0 unspecified atom stereocenters. The molecular formula is C12H19ClN2. The molecule has 4 N–H and O–H groups in total. The fraction of sp³-hybridized carbons (Fsp3) is 0.500. The van der Waals surface area contributed by atoms with Crippen molar-refractivity contribution in [3.8, 4) is 0 Å². The summed E-state index contributed by atoms with van der Waals surface area (Å²) in [6, 6.07) is 5.49. The molecule has 3 heteroatoms. The molecule has 15 heavy (non-hydrogen) atoms. The van der Waals surface area contributed by atoms with Gasteiger partial charge in [-0.15, -0.1) is 0 Å². The molecule has 2 nitrogen and oxygen atoms in total. The molecule has 0 aliphatic carbocycles. The molecule has 0 fully saturated rings. The van der Waals surface area contributed by atoms with E-state index in [0.29, 0.717) is 5.02 Å². The van der Waals surface area contributed by atoms with Crippen LogP contribution in [0.25, 0.3) is 0 Å². The van der Waals surface area contributed by atoms with E-state index in [1.165, 1.54) is 12.8 Å². The van der Waals surface area contributed by atoms with Crippen molar-refractivity contribution in [3.63, 3.8) is 0 Å². The van der Waals surface area contributed by atoms with Gasteiger partial charge in [-0.25, -0.2) is 0 Å². The SMILES string of the molecule is CCCCC[C@@H](N)c1cc(Cl)ccc1N. The highest BCUT2D eigenvalue weighted by molar-refractivity contribution is 6.30. The summed E-state index contributed by atoms with van der Waals surface area (Å²) < 4.78 is 0. The summed E-state index contributed by atoms with van der Waals surface area (Å²) in [7, 11) is 0. The second-order valence-corrected chi connectivity index (χ2v) is 4.31. The van der Waals surface area contributed by atoms with Crippen LogP contribution in [-0.2, 0) is 0 Å². The molecular weight excluding hydrogens is 208 g/mol. The minimum atomic E-state index is 0.00949. The maximum Gasteiger partial charge on any atom is 0.0410 e. The van der Waals surface area contributed by atoms with Crippen molar-refractivity contribution in [1.82, 2.24) is 0 Å².